The number of nitrogens with one attached hydrogen (secondary N) is 1. The minimum atomic E-state index is -0.447. The van der Waals surface area contributed by atoms with Gasteiger partial charge in [0.05, 0.1) is 16.8 Å². The van der Waals surface area contributed by atoms with Gasteiger partial charge in [-0.2, -0.15) is 0 Å². The van der Waals surface area contributed by atoms with E-state index in [9.17, 15) is 9.59 Å². The van der Waals surface area contributed by atoms with Gasteiger partial charge in [0.1, 0.15) is 0 Å². The van der Waals surface area contributed by atoms with Gasteiger partial charge in [0.25, 0.3) is 5.91 Å². The van der Waals surface area contributed by atoms with Gasteiger partial charge in [-0.3, -0.25) is 4.79 Å². The first-order valence-corrected chi connectivity index (χ1v) is 13.5. The van der Waals surface area contributed by atoms with E-state index in [2.05, 4.69) is 36.7 Å². The van der Waals surface area contributed by atoms with Gasteiger partial charge in [-0.05, 0) is 72.2 Å². The minimum absolute atomic E-state index is 0.143. The molecule has 1 aromatic carbocycles. The molecule has 182 valence electrons. The second kappa shape index (κ2) is 10.3. The van der Waals surface area contributed by atoms with E-state index < -0.39 is 5.97 Å². The standard InChI is InChI=1S/C29H32N2O3S/c1-18-8-5-14-24(19(18)2)30-26(32)17-34-29(33)27-22-11-3-4-13-25(22)31-28-20(9-6-12-23(27)28)16-21-10-7-15-35-21/h3-4,7,10-11,13,15-16,18-19,24H,5-6,8-9,12,14,17H2,1-2H3,(H,30,32). The lowest BCUT2D eigenvalue weighted by Crippen LogP contribution is -2.45. The number of amides is 1. The number of carbonyl (C=O) groups excluding carboxylic acids is 2. The Hall–Kier alpha value is -2.99. The molecule has 1 amide bonds. The molecule has 5 rings (SSSR count). The maximum atomic E-state index is 13.4. The zero-order chi connectivity index (χ0) is 24.4. The number of fused-ring (bicyclic) bond motifs is 2. The monoisotopic (exact) mass is 488 g/mol. The van der Waals surface area contributed by atoms with E-state index in [1.807, 2.05) is 30.3 Å². The van der Waals surface area contributed by atoms with E-state index in [4.69, 9.17) is 9.72 Å². The van der Waals surface area contributed by atoms with Gasteiger partial charge in [0.15, 0.2) is 6.61 Å². The molecule has 0 bridgehead atoms. The number of hydrogen-bond donors (Lipinski definition) is 1. The number of thiophene rings is 1. The number of aromatic nitrogens is 1. The summed E-state index contributed by atoms with van der Waals surface area (Å²) in [7, 11) is 0. The fourth-order valence-corrected chi connectivity index (χ4v) is 6.17. The smallest absolute Gasteiger partial charge is 0.339 e. The van der Waals surface area contributed by atoms with Crippen LogP contribution in [0.25, 0.3) is 22.6 Å². The van der Waals surface area contributed by atoms with Crippen molar-refractivity contribution in [3.8, 4) is 0 Å². The Morgan fingerprint density at radius 2 is 1.97 bits per heavy atom. The van der Waals surface area contributed by atoms with Crippen LogP contribution in [0.3, 0.4) is 0 Å². The number of carbonyl (C=O) groups is 2. The van der Waals surface area contributed by atoms with Crippen molar-refractivity contribution in [1.82, 2.24) is 10.3 Å². The summed E-state index contributed by atoms with van der Waals surface area (Å²) in [6.45, 7) is 4.17. The third-order valence-corrected chi connectivity index (χ3v) is 8.44. The molecular weight excluding hydrogens is 456 g/mol. The van der Waals surface area contributed by atoms with Gasteiger partial charge < -0.3 is 10.1 Å². The molecule has 6 heteroatoms. The third-order valence-electron chi connectivity index (χ3n) is 7.62. The summed E-state index contributed by atoms with van der Waals surface area (Å²) in [4.78, 5) is 32.2. The summed E-state index contributed by atoms with van der Waals surface area (Å²) < 4.78 is 5.61. The summed E-state index contributed by atoms with van der Waals surface area (Å²) in [5.74, 6) is 0.336. The van der Waals surface area contributed by atoms with Crippen molar-refractivity contribution < 1.29 is 14.3 Å². The SMILES string of the molecule is CC1CCCC(NC(=O)COC(=O)c2c3c(nc4ccccc24)C(=Cc2cccs2)CCC3)C1C. The van der Waals surface area contributed by atoms with E-state index >= 15 is 0 Å². The molecule has 2 aliphatic rings. The summed E-state index contributed by atoms with van der Waals surface area (Å²) in [6, 6.07) is 12.0. The lowest BCUT2D eigenvalue weighted by Gasteiger charge is -2.34. The van der Waals surface area contributed by atoms with Gasteiger partial charge in [0, 0.05) is 16.3 Å². The second-order valence-corrected chi connectivity index (χ2v) is 10.9. The fraction of sp³-hybridized carbons (Fsp3) is 0.414. The Balaban J connectivity index is 1.40. The quantitative estimate of drug-likeness (QED) is 0.430. The first-order chi connectivity index (χ1) is 17.0. The number of allylic oxidation sites excluding steroid dienone is 1. The second-order valence-electron chi connectivity index (χ2n) is 9.89. The Morgan fingerprint density at radius 3 is 2.80 bits per heavy atom. The Bertz CT molecular complexity index is 1260. The molecule has 1 saturated carbocycles. The molecule has 1 N–H and O–H groups in total. The molecule has 3 atom stereocenters. The number of pyridine rings is 1. The van der Waals surface area contributed by atoms with Gasteiger partial charge >= 0.3 is 5.97 Å². The average Bonchev–Trinajstić information content (AvgIpc) is 3.37. The maximum absolute atomic E-state index is 13.4. The molecule has 2 aliphatic carbocycles. The summed E-state index contributed by atoms with van der Waals surface area (Å²) in [5, 5.41) is 5.94. The predicted octanol–water partition coefficient (Wildman–Crippen LogP) is 6.27. The molecule has 2 aromatic heterocycles. The molecule has 0 radical (unpaired) electrons. The summed E-state index contributed by atoms with van der Waals surface area (Å²) >= 11 is 1.69. The largest absolute Gasteiger partial charge is 0.452 e. The molecule has 3 unspecified atom stereocenters. The van der Waals surface area contributed by atoms with Crippen LogP contribution in [0.2, 0.25) is 0 Å². The highest BCUT2D eigenvalue weighted by atomic mass is 32.1. The Labute approximate surface area is 210 Å². The lowest BCUT2D eigenvalue weighted by molar-refractivity contribution is -0.125. The number of rotatable bonds is 5. The molecule has 0 aliphatic heterocycles. The van der Waals surface area contributed by atoms with E-state index in [0.717, 1.165) is 59.8 Å². The fourth-order valence-electron chi connectivity index (χ4n) is 5.49. The molecular formula is C29H32N2O3S. The minimum Gasteiger partial charge on any atom is -0.452 e. The predicted molar refractivity (Wildman–Crippen MR) is 141 cm³/mol. The number of nitrogens with zero attached hydrogens (tertiary/aromatic N) is 1. The highest BCUT2D eigenvalue weighted by Gasteiger charge is 2.29. The molecule has 35 heavy (non-hydrogen) atoms. The average molecular weight is 489 g/mol. The molecule has 2 heterocycles. The first-order valence-electron chi connectivity index (χ1n) is 12.6. The van der Waals surface area contributed by atoms with Crippen LogP contribution in [0.15, 0.2) is 41.8 Å². The van der Waals surface area contributed by atoms with Crippen LogP contribution in [0.1, 0.15) is 72.4 Å². The molecule has 0 spiro atoms. The number of esters is 1. The van der Waals surface area contributed by atoms with Gasteiger partial charge in [0.2, 0.25) is 0 Å². The highest BCUT2D eigenvalue weighted by molar-refractivity contribution is 7.10. The topological polar surface area (TPSA) is 68.3 Å². The molecule has 3 aromatic rings. The van der Waals surface area contributed by atoms with E-state index in [1.54, 1.807) is 11.3 Å². The molecule has 5 nitrogen and oxygen atoms in total. The van der Waals surface area contributed by atoms with E-state index in [-0.39, 0.29) is 18.6 Å². The molecule has 1 fully saturated rings. The van der Waals surface area contributed by atoms with Gasteiger partial charge in [-0.25, -0.2) is 9.78 Å². The van der Waals surface area contributed by atoms with E-state index in [0.29, 0.717) is 17.4 Å². The normalized spacial score (nSPS) is 23.1. The van der Waals surface area contributed by atoms with Crippen LogP contribution in [0, 0.1) is 11.8 Å². The van der Waals surface area contributed by atoms with Crippen LogP contribution >= 0.6 is 11.3 Å². The van der Waals surface area contributed by atoms with Crippen LogP contribution in [-0.2, 0) is 16.0 Å². The van der Waals surface area contributed by atoms with Crippen molar-refractivity contribution >= 4 is 45.8 Å². The van der Waals surface area contributed by atoms with E-state index in [1.165, 1.54) is 11.3 Å². The zero-order valence-electron chi connectivity index (χ0n) is 20.4. The van der Waals surface area contributed by atoms with Crippen LogP contribution in [-0.4, -0.2) is 29.5 Å². The van der Waals surface area contributed by atoms with Gasteiger partial charge in [-0.15, -0.1) is 11.3 Å². The number of ether oxygens (including phenoxy) is 1. The van der Waals surface area contributed by atoms with Crippen molar-refractivity contribution in [2.75, 3.05) is 6.61 Å². The van der Waals surface area contributed by atoms with Crippen molar-refractivity contribution in [2.45, 2.75) is 58.4 Å². The number of hydrogen-bond acceptors (Lipinski definition) is 5. The zero-order valence-corrected chi connectivity index (χ0v) is 21.2. The summed E-state index contributed by atoms with van der Waals surface area (Å²) in [6.07, 6.45) is 8.11. The van der Waals surface area contributed by atoms with Crippen molar-refractivity contribution in [3.05, 3.63) is 63.5 Å². The molecule has 0 saturated heterocycles. The van der Waals surface area contributed by atoms with Gasteiger partial charge in [-0.1, -0.05) is 51.0 Å². The maximum Gasteiger partial charge on any atom is 0.339 e. The lowest BCUT2D eigenvalue weighted by atomic mass is 9.78. The Kier molecular flexibility index (Phi) is 7.00. The number of benzene rings is 1. The Morgan fingerprint density at radius 1 is 1.11 bits per heavy atom. The van der Waals surface area contributed by atoms with Crippen LogP contribution < -0.4 is 5.32 Å². The van der Waals surface area contributed by atoms with Crippen molar-refractivity contribution in [3.63, 3.8) is 0 Å². The van der Waals surface area contributed by atoms with Crippen LogP contribution in [0.4, 0.5) is 0 Å². The van der Waals surface area contributed by atoms with Crippen molar-refractivity contribution in [2.24, 2.45) is 11.8 Å². The third kappa shape index (κ3) is 5.03. The highest BCUT2D eigenvalue weighted by Crippen LogP contribution is 2.37. The van der Waals surface area contributed by atoms with Crippen LogP contribution in [0.5, 0.6) is 0 Å². The summed E-state index contributed by atoms with van der Waals surface area (Å²) in [5.41, 5.74) is 4.27. The number of para-hydroxylation sites is 1. The van der Waals surface area contributed by atoms with Crippen molar-refractivity contribution in [1.29, 1.82) is 0 Å². The first kappa shape index (κ1) is 23.7.